The van der Waals surface area contributed by atoms with E-state index >= 15 is 0 Å². The summed E-state index contributed by atoms with van der Waals surface area (Å²) in [4.78, 5) is 25.0. The molecule has 0 aliphatic carbocycles. The maximum atomic E-state index is 12.5. The van der Waals surface area contributed by atoms with E-state index < -0.39 is 11.5 Å². The van der Waals surface area contributed by atoms with Crippen LogP contribution in [-0.4, -0.2) is 30.1 Å². The van der Waals surface area contributed by atoms with E-state index in [9.17, 15) is 9.59 Å². The first-order chi connectivity index (χ1) is 10.2. The summed E-state index contributed by atoms with van der Waals surface area (Å²) in [7, 11) is 0. The minimum absolute atomic E-state index is 0.166. The summed E-state index contributed by atoms with van der Waals surface area (Å²) in [6.07, 6.45) is 0.751. The van der Waals surface area contributed by atoms with E-state index in [2.05, 4.69) is 10.6 Å². The van der Waals surface area contributed by atoms with Crippen molar-refractivity contribution in [2.45, 2.75) is 59.6 Å². The minimum atomic E-state index is -0.705. The van der Waals surface area contributed by atoms with Crippen LogP contribution in [0.3, 0.4) is 0 Å². The highest BCUT2D eigenvalue weighted by Gasteiger charge is 2.29. The smallest absolute Gasteiger partial charge is 0.350 e. The zero-order valence-corrected chi connectivity index (χ0v) is 15.0. The Bertz CT molecular complexity index is 535. The molecule has 0 radical (unpaired) electrons. The fraction of sp³-hybridized carbons (Fsp3) is 0.625. The number of thiophene rings is 1. The average Bonchev–Trinajstić information content (AvgIpc) is 2.77. The molecule has 2 N–H and O–H groups in total. The van der Waals surface area contributed by atoms with Gasteiger partial charge in [0.2, 0.25) is 5.91 Å². The van der Waals surface area contributed by atoms with Crippen molar-refractivity contribution >= 4 is 28.9 Å². The molecule has 0 fully saturated rings. The van der Waals surface area contributed by atoms with E-state index in [0.717, 1.165) is 18.5 Å². The third kappa shape index (κ3) is 4.81. The van der Waals surface area contributed by atoms with Crippen LogP contribution in [0.15, 0.2) is 5.38 Å². The summed E-state index contributed by atoms with van der Waals surface area (Å²) in [6, 6.07) is 0. The van der Waals surface area contributed by atoms with Crippen molar-refractivity contribution in [3.63, 3.8) is 0 Å². The summed E-state index contributed by atoms with van der Waals surface area (Å²) in [6.45, 7) is 11.9. The summed E-state index contributed by atoms with van der Waals surface area (Å²) < 4.78 is 5.23. The number of hydrogen-bond donors (Lipinski definition) is 2. The molecule has 0 aliphatic rings. The Labute approximate surface area is 136 Å². The van der Waals surface area contributed by atoms with Crippen LogP contribution in [0.4, 0.5) is 5.69 Å². The summed E-state index contributed by atoms with van der Waals surface area (Å²) in [5.74, 6) is -0.566. The Kier molecular flexibility index (Phi) is 6.56. The number of carbonyl (C=O) groups is 2. The molecule has 0 saturated heterocycles. The van der Waals surface area contributed by atoms with Crippen LogP contribution in [0.25, 0.3) is 0 Å². The van der Waals surface area contributed by atoms with Crippen molar-refractivity contribution in [2.24, 2.45) is 0 Å². The fourth-order valence-electron chi connectivity index (χ4n) is 1.80. The molecule has 1 amide bonds. The van der Waals surface area contributed by atoms with Crippen LogP contribution in [0.1, 0.15) is 56.3 Å². The number of amides is 1. The number of esters is 1. The number of carbonyl (C=O) groups excluding carboxylic acids is 2. The molecule has 1 rings (SSSR count). The largest absolute Gasteiger partial charge is 0.459 e. The van der Waals surface area contributed by atoms with E-state index in [1.807, 2.05) is 33.1 Å². The molecule has 0 bridgehead atoms. The monoisotopic (exact) mass is 326 g/mol. The van der Waals surface area contributed by atoms with Crippen molar-refractivity contribution in [3.8, 4) is 0 Å². The van der Waals surface area contributed by atoms with Gasteiger partial charge in [-0.25, -0.2) is 4.79 Å². The van der Waals surface area contributed by atoms with Crippen molar-refractivity contribution in [3.05, 3.63) is 15.8 Å². The normalized spacial score (nSPS) is 11.6. The van der Waals surface area contributed by atoms with Gasteiger partial charge >= 0.3 is 5.97 Å². The molecule has 124 valence electrons. The molecule has 0 unspecified atom stereocenters. The maximum Gasteiger partial charge on any atom is 0.350 e. The molecular weight excluding hydrogens is 300 g/mol. The van der Waals surface area contributed by atoms with Gasteiger partial charge in [0.05, 0.1) is 17.3 Å². The van der Waals surface area contributed by atoms with Crippen LogP contribution < -0.4 is 10.6 Å². The highest BCUT2D eigenvalue weighted by molar-refractivity contribution is 7.12. The number of rotatable bonds is 7. The lowest BCUT2D eigenvalue weighted by Crippen LogP contribution is -2.50. The Morgan fingerprint density at radius 3 is 2.55 bits per heavy atom. The quantitative estimate of drug-likeness (QED) is 0.754. The van der Waals surface area contributed by atoms with Gasteiger partial charge in [0.15, 0.2) is 0 Å². The van der Waals surface area contributed by atoms with Gasteiger partial charge in [-0.1, -0.05) is 6.92 Å². The van der Waals surface area contributed by atoms with Gasteiger partial charge < -0.3 is 15.4 Å². The number of ether oxygens (including phenoxy) is 1. The summed E-state index contributed by atoms with van der Waals surface area (Å²) in [5, 5.41) is 7.91. The van der Waals surface area contributed by atoms with Gasteiger partial charge in [-0.05, 0) is 58.5 Å². The van der Waals surface area contributed by atoms with Crippen LogP contribution in [0.2, 0.25) is 0 Å². The van der Waals surface area contributed by atoms with E-state index in [1.165, 1.54) is 11.3 Å². The minimum Gasteiger partial charge on any atom is -0.459 e. The van der Waals surface area contributed by atoms with E-state index in [4.69, 9.17) is 4.74 Å². The lowest BCUT2D eigenvalue weighted by Gasteiger charge is -2.25. The number of aryl methyl sites for hydroxylation is 1. The van der Waals surface area contributed by atoms with Crippen molar-refractivity contribution in [2.75, 3.05) is 11.9 Å². The molecule has 0 saturated carbocycles. The SMILES string of the molecule is CCCNC(C)(C)C(=O)Nc1c(C)csc1C(=O)OC(C)C. The molecule has 0 spiro atoms. The predicted octanol–water partition coefficient (Wildman–Crippen LogP) is 3.34. The molecule has 5 nitrogen and oxygen atoms in total. The third-order valence-electron chi connectivity index (χ3n) is 3.13. The second-order valence-corrected chi connectivity index (χ2v) is 6.96. The predicted molar refractivity (Wildman–Crippen MR) is 90.6 cm³/mol. The fourth-order valence-corrected chi connectivity index (χ4v) is 2.69. The third-order valence-corrected chi connectivity index (χ3v) is 4.20. The van der Waals surface area contributed by atoms with Crippen molar-refractivity contribution in [1.82, 2.24) is 5.32 Å². The van der Waals surface area contributed by atoms with Crippen molar-refractivity contribution < 1.29 is 14.3 Å². The van der Waals surface area contributed by atoms with Gasteiger partial charge in [-0.2, -0.15) is 0 Å². The van der Waals surface area contributed by atoms with Gasteiger partial charge in [0.1, 0.15) is 4.88 Å². The van der Waals surface area contributed by atoms with E-state index in [1.54, 1.807) is 13.8 Å². The molecule has 22 heavy (non-hydrogen) atoms. The number of hydrogen-bond acceptors (Lipinski definition) is 5. The Morgan fingerprint density at radius 1 is 1.36 bits per heavy atom. The highest BCUT2D eigenvalue weighted by Crippen LogP contribution is 2.29. The molecule has 0 aliphatic heterocycles. The maximum absolute atomic E-state index is 12.5. The molecule has 0 aromatic carbocycles. The Hall–Kier alpha value is -1.40. The second-order valence-electron chi connectivity index (χ2n) is 6.08. The standard InChI is InChI=1S/C16H26N2O3S/c1-7-8-17-16(5,6)15(20)18-12-11(4)9-22-13(12)14(19)21-10(2)3/h9-10,17H,7-8H2,1-6H3,(H,18,20). The molecule has 0 atom stereocenters. The van der Waals surface area contributed by atoms with Crippen LogP contribution in [0.5, 0.6) is 0 Å². The number of anilines is 1. The van der Waals surface area contributed by atoms with Gasteiger partial charge in [-0.15, -0.1) is 11.3 Å². The van der Waals surface area contributed by atoms with Crippen LogP contribution >= 0.6 is 11.3 Å². The molecule has 1 heterocycles. The second kappa shape index (κ2) is 7.74. The molecule has 1 aromatic heterocycles. The highest BCUT2D eigenvalue weighted by atomic mass is 32.1. The van der Waals surface area contributed by atoms with Crippen molar-refractivity contribution in [1.29, 1.82) is 0 Å². The van der Waals surface area contributed by atoms with Gasteiger partial charge in [0, 0.05) is 0 Å². The molecule has 1 aromatic rings. The van der Waals surface area contributed by atoms with Crippen LogP contribution in [0, 0.1) is 6.92 Å². The van der Waals surface area contributed by atoms with E-state index in [0.29, 0.717) is 10.6 Å². The topological polar surface area (TPSA) is 67.4 Å². The first kappa shape index (κ1) is 18.6. The lowest BCUT2D eigenvalue weighted by atomic mass is 10.0. The van der Waals surface area contributed by atoms with E-state index in [-0.39, 0.29) is 12.0 Å². The zero-order valence-electron chi connectivity index (χ0n) is 14.2. The molecular formula is C16H26N2O3S. The van der Waals surface area contributed by atoms with Gasteiger partial charge in [0.25, 0.3) is 0 Å². The first-order valence-corrected chi connectivity index (χ1v) is 8.42. The lowest BCUT2D eigenvalue weighted by molar-refractivity contribution is -0.121. The van der Waals surface area contributed by atoms with Gasteiger partial charge in [-0.3, -0.25) is 4.79 Å². The average molecular weight is 326 g/mol. The molecule has 6 heteroatoms. The Morgan fingerprint density at radius 2 is 2.00 bits per heavy atom. The summed E-state index contributed by atoms with van der Waals surface area (Å²) in [5.41, 5.74) is 0.705. The Balaban J connectivity index is 2.91. The summed E-state index contributed by atoms with van der Waals surface area (Å²) >= 11 is 1.29. The first-order valence-electron chi connectivity index (χ1n) is 7.54. The number of nitrogens with one attached hydrogen (secondary N) is 2. The van der Waals surface area contributed by atoms with Crippen LogP contribution in [-0.2, 0) is 9.53 Å². The zero-order chi connectivity index (χ0) is 16.9.